The summed E-state index contributed by atoms with van der Waals surface area (Å²) in [5, 5.41) is 2.75. The van der Waals surface area contributed by atoms with E-state index in [1.807, 2.05) is 23.1 Å². The predicted molar refractivity (Wildman–Crippen MR) is 82.0 cm³/mol. The highest BCUT2D eigenvalue weighted by atomic mass is 16.5. The van der Waals surface area contributed by atoms with Gasteiger partial charge in [-0.25, -0.2) is 0 Å². The highest BCUT2D eigenvalue weighted by Crippen LogP contribution is 2.18. The maximum absolute atomic E-state index is 12.3. The van der Waals surface area contributed by atoms with Gasteiger partial charge < -0.3 is 15.0 Å². The summed E-state index contributed by atoms with van der Waals surface area (Å²) in [7, 11) is 0. The zero-order valence-electron chi connectivity index (χ0n) is 12.7. The molecule has 5 nitrogen and oxygen atoms in total. The van der Waals surface area contributed by atoms with Crippen molar-refractivity contribution in [3.8, 4) is 0 Å². The Bertz CT molecular complexity index is 524. The molecule has 0 aliphatic carbocycles. The highest BCUT2D eigenvalue weighted by Gasteiger charge is 2.32. The molecule has 0 saturated carbocycles. The number of ether oxygens (including phenoxy) is 1. The molecule has 22 heavy (non-hydrogen) atoms. The number of amides is 2. The van der Waals surface area contributed by atoms with Crippen LogP contribution < -0.4 is 5.32 Å². The molecule has 0 aromatic heterocycles. The van der Waals surface area contributed by atoms with Gasteiger partial charge in [-0.05, 0) is 24.8 Å². The van der Waals surface area contributed by atoms with Crippen LogP contribution in [-0.4, -0.2) is 41.9 Å². The number of nitrogens with zero attached hydrogens (tertiary/aromatic N) is 1. The van der Waals surface area contributed by atoms with Crippen molar-refractivity contribution in [1.29, 1.82) is 0 Å². The summed E-state index contributed by atoms with van der Waals surface area (Å²) in [4.78, 5) is 25.4. The number of carbonyl (C=O) groups is 2. The zero-order valence-corrected chi connectivity index (χ0v) is 12.7. The Hall–Kier alpha value is -1.88. The van der Waals surface area contributed by atoms with E-state index in [4.69, 9.17) is 4.74 Å². The van der Waals surface area contributed by atoms with Crippen molar-refractivity contribution < 1.29 is 14.3 Å². The van der Waals surface area contributed by atoms with Crippen LogP contribution >= 0.6 is 0 Å². The molecule has 0 bridgehead atoms. The van der Waals surface area contributed by atoms with Crippen molar-refractivity contribution in [2.24, 2.45) is 0 Å². The van der Waals surface area contributed by atoms with E-state index in [0.29, 0.717) is 32.5 Å². The van der Waals surface area contributed by atoms with Crippen LogP contribution in [0.5, 0.6) is 0 Å². The van der Waals surface area contributed by atoms with Crippen LogP contribution in [0.15, 0.2) is 30.3 Å². The van der Waals surface area contributed by atoms with Crippen LogP contribution in [0.1, 0.15) is 31.2 Å². The van der Waals surface area contributed by atoms with Gasteiger partial charge in [-0.3, -0.25) is 9.59 Å². The molecule has 2 saturated heterocycles. The maximum atomic E-state index is 12.3. The molecule has 2 heterocycles. The first-order valence-corrected chi connectivity index (χ1v) is 7.96. The van der Waals surface area contributed by atoms with Crippen molar-refractivity contribution in [1.82, 2.24) is 10.2 Å². The molecule has 2 aliphatic heterocycles. The zero-order chi connectivity index (χ0) is 15.4. The lowest BCUT2D eigenvalue weighted by Crippen LogP contribution is -2.48. The number of piperidine rings is 1. The van der Waals surface area contributed by atoms with E-state index in [0.717, 1.165) is 12.8 Å². The summed E-state index contributed by atoms with van der Waals surface area (Å²) in [6.45, 7) is 2.05. The first kappa shape index (κ1) is 15.0. The van der Waals surface area contributed by atoms with Crippen molar-refractivity contribution in [2.45, 2.75) is 44.4 Å². The molecule has 1 N–H and O–H groups in total. The average molecular weight is 302 g/mol. The van der Waals surface area contributed by atoms with Gasteiger partial charge in [-0.1, -0.05) is 30.3 Å². The second-order valence-electron chi connectivity index (χ2n) is 5.98. The lowest BCUT2D eigenvalue weighted by molar-refractivity contribution is -0.137. The number of hydrogen-bond acceptors (Lipinski definition) is 3. The summed E-state index contributed by atoms with van der Waals surface area (Å²) in [6, 6.07) is 9.82. The summed E-state index contributed by atoms with van der Waals surface area (Å²) < 4.78 is 5.93. The number of likely N-dealkylation sites (tertiary alicyclic amines) is 1. The SMILES string of the molecule is O=C1CC[C@@H](C(=O)N2CCC(OCc3ccccc3)CC2)N1. The second kappa shape index (κ2) is 6.92. The van der Waals surface area contributed by atoms with Crippen LogP contribution in [0.2, 0.25) is 0 Å². The molecule has 0 radical (unpaired) electrons. The topological polar surface area (TPSA) is 58.6 Å². The molecule has 2 fully saturated rings. The molecule has 0 spiro atoms. The lowest BCUT2D eigenvalue weighted by Gasteiger charge is -2.33. The minimum atomic E-state index is -0.311. The molecule has 5 heteroatoms. The summed E-state index contributed by atoms with van der Waals surface area (Å²) in [6.07, 6.45) is 3.02. The molecule has 3 rings (SSSR count). The van der Waals surface area contributed by atoms with E-state index in [9.17, 15) is 9.59 Å². The summed E-state index contributed by atoms with van der Waals surface area (Å²) in [5.41, 5.74) is 1.18. The molecular formula is C17H22N2O3. The Morgan fingerprint density at radius 2 is 1.91 bits per heavy atom. The van der Waals surface area contributed by atoms with Crippen LogP contribution in [-0.2, 0) is 20.9 Å². The minimum absolute atomic E-state index is 0.0144. The standard InChI is InChI=1S/C17H22N2O3/c20-16-7-6-15(18-16)17(21)19-10-8-14(9-11-19)22-12-13-4-2-1-3-5-13/h1-5,14-15H,6-12H2,(H,18,20)/t15-/m0/s1. The van der Waals surface area contributed by atoms with Crippen molar-refractivity contribution >= 4 is 11.8 Å². The molecule has 2 amide bonds. The number of carbonyl (C=O) groups excluding carboxylic acids is 2. The highest BCUT2D eigenvalue weighted by molar-refractivity contribution is 5.90. The van der Waals surface area contributed by atoms with Gasteiger partial charge in [0.05, 0.1) is 12.7 Å². The normalized spacial score (nSPS) is 22.6. The van der Waals surface area contributed by atoms with E-state index in [1.54, 1.807) is 0 Å². The third-order valence-corrected chi connectivity index (χ3v) is 4.38. The number of nitrogens with one attached hydrogen (secondary N) is 1. The van der Waals surface area contributed by atoms with E-state index in [1.165, 1.54) is 5.56 Å². The van der Waals surface area contributed by atoms with Gasteiger partial charge in [0, 0.05) is 19.5 Å². The van der Waals surface area contributed by atoms with E-state index >= 15 is 0 Å². The summed E-state index contributed by atoms with van der Waals surface area (Å²) >= 11 is 0. The minimum Gasteiger partial charge on any atom is -0.373 e. The van der Waals surface area contributed by atoms with E-state index < -0.39 is 0 Å². The second-order valence-corrected chi connectivity index (χ2v) is 5.98. The molecule has 118 valence electrons. The summed E-state index contributed by atoms with van der Waals surface area (Å²) in [5.74, 6) is 0.0480. The molecule has 1 aromatic rings. The Morgan fingerprint density at radius 3 is 2.55 bits per heavy atom. The quantitative estimate of drug-likeness (QED) is 0.916. The first-order chi connectivity index (χ1) is 10.7. The van der Waals surface area contributed by atoms with E-state index in [-0.39, 0.29) is 24.0 Å². The van der Waals surface area contributed by atoms with Gasteiger partial charge in [0.15, 0.2) is 0 Å². The van der Waals surface area contributed by atoms with Crippen molar-refractivity contribution in [3.63, 3.8) is 0 Å². The Labute approximate surface area is 130 Å². The molecule has 1 aromatic carbocycles. The predicted octanol–water partition coefficient (Wildman–Crippen LogP) is 1.47. The third-order valence-electron chi connectivity index (χ3n) is 4.38. The largest absolute Gasteiger partial charge is 0.373 e. The van der Waals surface area contributed by atoms with Gasteiger partial charge in [-0.2, -0.15) is 0 Å². The van der Waals surface area contributed by atoms with Crippen LogP contribution in [0.3, 0.4) is 0 Å². The third kappa shape index (κ3) is 3.65. The van der Waals surface area contributed by atoms with E-state index in [2.05, 4.69) is 17.4 Å². The number of hydrogen-bond donors (Lipinski definition) is 1. The fourth-order valence-electron chi connectivity index (χ4n) is 3.05. The van der Waals surface area contributed by atoms with Crippen LogP contribution in [0.25, 0.3) is 0 Å². The fourth-order valence-corrected chi connectivity index (χ4v) is 3.05. The Morgan fingerprint density at radius 1 is 1.18 bits per heavy atom. The first-order valence-electron chi connectivity index (χ1n) is 7.96. The Balaban J connectivity index is 1.42. The molecular weight excluding hydrogens is 280 g/mol. The maximum Gasteiger partial charge on any atom is 0.245 e. The van der Waals surface area contributed by atoms with Crippen molar-refractivity contribution in [3.05, 3.63) is 35.9 Å². The van der Waals surface area contributed by atoms with Gasteiger partial charge >= 0.3 is 0 Å². The monoisotopic (exact) mass is 302 g/mol. The fraction of sp³-hybridized carbons (Fsp3) is 0.529. The molecule has 2 aliphatic rings. The van der Waals surface area contributed by atoms with Gasteiger partial charge in [0.2, 0.25) is 11.8 Å². The number of rotatable bonds is 4. The smallest absolute Gasteiger partial charge is 0.245 e. The number of benzene rings is 1. The molecule has 1 atom stereocenters. The van der Waals surface area contributed by atoms with Crippen LogP contribution in [0, 0.1) is 0 Å². The van der Waals surface area contributed by atoms with Gasteiger partial charge in [0.1, 0.15) is 6.04 Å². The van der Waals surface area contributed by atoms with Gasteiger partial charge in [0.25, 0.3) is 0 Å². The average Bonchev–Trinajstić information content (AvgIpc) is 3.00. The van der Waals surface area contributed by atoms with Crippen molar-refractivity contribution in [2.75, 3.05) is 13.1 Å². The van der Waals surface area contributed by atoms with Crippen LogP contribution in [0.4, 0.5) is 0 Å². The molecule has 0 unspecified atom stereocenters. The Kier molecular flexibility index (Phi) is 4.73. The lowest BCUT2D eigenvalue weighted by atomic mass is 10.1. The van der Waals surface area contributed by atoms with Gasteiger partial charge in [-0.15, -0.1) is 0 Å².